The second-order valence-corrected chi connectivity index (χ2v) is 3.06. The molecule has 13 heavy (non-hydrogen) atoms. The molecule has 3 heteroatoms. The fourth-order valence-corrected chi connectivity index (χ4v) is 1.01. The molecule has 0 unspecified atom stereocenters. The topological polar surface area (TPSA) is 30.5 Å². The molecule has 0 aliphatic rings. The molecule has 0 saturated heterocycles. The van der Waals surface area contributed by atoms with E-state index in [1.54, 1.807) is 7.11 Å². The highest BCUT2D eigenvalue weighted by Crippen LogP contribution is 1.86. The number of methoxy groups -OCH3 is 1. The summed E-state index contributed by atoms with van der Waals surface area (Å²) in [6.07, 6.45) is 3.43. The first-order chi connectivity index (χ1) is 6.41. The molecule has 0 atom stereocenters. The van der Waals surface area contributed by atoms with E-state index in [0.717, 1.165) is 45.8 Å². The van der Waals surface area contributed by atoms with Gasteiger partial charge in [-0.3, -0.25) is 0 Å². The first kappa shape index (κ1) is 12.9. The summed E-state index contributed by atoms with van der Waals surface area (Å²) in [4.78, 5) is 0. The van der Waals surface area contributed by atoms with Crippen molar-refractivity contribution in [1.29, 1.82) is 0 Å². The van der Waals surface area contributed by atoms with Crippen LogP contribution in [0.2, 0.25) is 0 Å². The average molecular weight is 189 g/mol. The van der Waals surface area contributed by atoms with E-state index in [9.17, 15) is 0 Å². The first-order valence-electron chi connectivity index (χ1n) is 5.19. The van der Waals surface area contributed by atoms with E-state index < -0.39 is 0 Å². The molecule has 0 aromatic heterocycles. The van der Waals surface area contributed by atoms with Gasteiger partial charge in [0.1, 0.15) is 0 Å². The van der Waals surface area contributed by atoms with Crippen LogP contribution in [-0.4, -0.2) is 40.0 Å². The third-order valence-corrected chi connectivity index (χ3v) is 1.72. The molecule has 0 spiro atoms. The maximum atomic E-state index is 5.32. The van der Waals surface area contributed by atoms with E-state index in [-0.39, 0.29) is 0 Å². The number of unbranched alkanes of at least 4 members (excludes halogenated alkanes) is 1. The highest BCUT2D eigenvalue weighted by Gasteiger charge is 1.89. The highest BCUT2D eigenvalue weighted by atomic mass is 16.5. The number of hydrogen-bond acceptors (Lipinski definition) is 3. The summed E-state index contributed by atoms with van der Waals surface area (Å²) in [6, 6.07) is 0. The van der Waals surface area contributed by atoms with Gasteiger partial charge in [-0.1, -0.05) is 6.92 Å². The molecule has 0 aromatic rings. The van der Waals surface area contributed by atoms with E-state index in [2.05, 4.69) is 12.2 Å². The quantitative estimate of drug-likeness (QED) is 0.527. The molecule has 0 aliphatic carbocycles. The molecule has 0 aromatic carbocycles. The molecule has 0 bridgehead atoms. The van der Waals surface area contributed by atoms with Crippen LogP contribution in [0.4, 0.5) is 0 Å². The monoisotopic (exact) mass is 189 g/mol. The van der Waals surface area contributed by atoms with Crippen molar-refractivity contribution < 1.29 is 9.47 Å². The largest absolute Gasteiger partial charge is 0.385 e. The number of ether oxygens (including phenoxy) is 2. The maximum Gasteiger partial charge on any atom is 0.0590 e. The third kappa shape index (κ3) is 11.9. The number of nitrogens with one attached hydrogen (secondary N) is 1. The van der Waals surface area contributed by atoms with Crippen LogP contribution in [0, 0.1) is 0 Å². The molecule has 0 radical (unpaired) electrons. The Morgan fingerprint density at radius 3 is 2.54 bits per heavy atom. The summed E-state index contributed by atoms with van der Waals surface area (Å²) >= 11 is 0. The van der Waals surface area contributed by atoms with Crippen molar-refractivity contribution in [3.05, 3.63) is 0 Å². The lowest BCUT2D eigenvalue weighted by molar-refractivity contribution is 0.136. The lowest BCUT2D eigenvalue weighted by atomic mass is 10.3. The van der Waals surface area contributed by atoms with Crippen LogP contribution in [0.1, 0.15) is 26.2 Å². The Hall–Kier alpha value is -0.120. The van der Waals surface area contributed by atoms with Crippen LogP contribution in [0.15, 0.2) is 0 Å². The zero-order chi connectivity index (χ0) is 9.78. The normalized spacial score (nSPS) is 10.6. The van der Waals surface area contributed by atoms with Crippen molar-refractivity contribution in [2.45, 2.75) is 26.2 Å². The van der Waals surface area contributed by atoms with Crippen molar-refractivity contribution in [2.24, 2.45) is 0 Å². The van der Waals surface area contributed by atoms with Gasteiger partial charge in [0.15, 0.2) is 0 Å². The van der Waals surface area contributed by atoms with Crippen molar-refractivity contribution >= 4 is 0 Å². The Bertz CT molecular complexity index is 79.0. The third-order valence-electron chi connectivity index (χ3n) is 1.72. The van der Waals surface area contributed by atoms with E-state index in [1.165, 1.54) is 6.42 Å². The van der Waals surface area contributed by atoms with Gasteiger partial charge in [0, 0.05) is 26.9 Å². The molecule has 0 rings (SSSR count). The minimum atomic E-state index is 0.831. The Morgan fingerprint density at radius 1 is 1.00 bits per heavy atom. The molecule has 0 heterocycles. The summed E-state index contributed by atoms with van der Waals surface area (Å²) < 4.78 is 10.3. The van der Waals surface area contributed by atoms with Gasteiger partial charge in [0.05, 0.1) is 6.61 Å². The van der Waals surface area contributed by atoms with Crippen LogP contribution in [0.25, 0.3) is 0 Å². The predicted octanol–water partition coefficient (Wildman–Crippen LogP) is 1.43. The van der Waals surface area contributed by atoms with E-state index in [4.69, 9.17) is 9.47 Å². The zero-order valence-electron chi connectivity index (χ0n) is 8.97. The van der Waals surface area contributed by atoms with Gasteiger partial charge in [-0.25, -0.2) is 0 Å². The molecule has 0 fully saturated rings. The van der Waals surface area contributed by atoms with Crippen molar-refractivity contribution in [3.8, 4) is 0 Å². The van der Waals surface area contributed by atoms with Crippen molar-refractivity contribution in [1.82, 2.24) is 5.32 Å². The summed E-state index contributed by atoms with van der Waals surface area (Å²) in [6.45, 7) is 6.74. The van der Waals surface area contributed by atoms with Crippen LogP contribution in [0.5, 0.6) is 0 Å². The second-order valence-electron chi connectivity index (χ2n) is 3.06. The van der Waals surface area contributed by atoms with E-state index in [0.29, 0.717) is 0 Å². The van der Waals surface area contributed by atoms with Gasteiger partial charge >= 0.3 is 0 Å². The second kappa shape index (κ2) is 11.9. The molecule has 0 amide bonds. The standard InChI is InChI=1S/C10H23NO2/c1-3-8-13-10-7-11-6-4-5-9-12-2/h11H,3-10H2,1-2H3. The van der Waals surface area contributed by atoms with Crippen LogP contribution >= 0.6 is 0 Å². The van der Waals surface area contributed by atoms with Crippen molar-refractivity contribution in [3.63, 3.8) is 0 Å². The first-order valence-corrected chi connectivity index (χ1v) is 5.19. The summed E-state index contributed by atoms with van der Waals surface area (Å²) in [5.74, 6) is 0. The Balaban J connectivity index is 2.76. The Morgan fingerprint density at radius 2 is 1.85 bits per heavy atom. The van der Waals surface area contributed by atoms with Gasteiger partial charge in [0.25, 0.3) is 0 Å². The Kier molecular flexibility index (Phi) is 11.8. The summed E-state index contributed by atoms with van der Waals surface area (Å²) in [5, 5.41) is 3.32. The molecule has 0 aliphatic heterocycles. The molecular weight excluding hydrogens is 166 g/mol. The van der Waals surface area contributed by atoms with Crippen LogP contribution in [0.3, 0.4) is 0 Å². The van der Waals surface area contributed by atoms with Gasteiger partial charge in [-0.15, -0.1) is 0 Å². The van der Waals surface area contributed by atoms with Crippen LogP contribution < -0.4 is 5.32 Å². The van der Waals surface area contributed by atoms with Gasteiger partial charge in [-0.2, -0.15) is 0 Å². The van der Waals surface area contributed by atoms with Gasteiger partial charge < -0.3 is 14.8 Å². The maximum absolute atomic E-state index is 5.32. The highest BCUT2D eigenvalue weighted by molar-refractivity contribution is 4.47. The molecule has 1 N–H and O–H groups in total. The zero-order valence-corrected chi connectivity index (χ0v) is 8.97. The smallest absolute Gasteiger partial charge is 0.0590 e. The average Bonchev–Trinajstić information content (AvgIpc) is 2.16. The molecule has 3 nitrogen and oxygen atoms in total. The SMILES string of the molecule is CCCOCCNCCCCOC. The minimum absolute atomic E-state index is 0.831. The minimum Gasteiger partial charge on any atom is -0.385 e. The molecule has 0 saturated carbocycles. The van der Waals surface area contributed by atoms with Gasteiger partial charge in [0.2, 0.25) is 0 Å². The number of hydrogen-bond donors (Lipinski definition) is 1. The van der Waals surface area contributed by atoms with Crippen LogP contribution in [-0.2, 0) is 9.47 Å². The van der Waals surface area contributed by atoms with Gasteiger partial charge in [-0.05, 0) is 25.8 Å². The van der Waals surface area contributed by atoms with Crippen molar-refractivity contribution in [2.75, 3.05) is 40.0 Å². The predicted molar refractivity (Wildman–Crippen MR) is 55.1 cm³/mol. The van der Waals surface area contributed by atoms with E-state index >= 15 is 0 Å². The fraction of sp³-hybridized carbons (Fsp3) is 1.00. The lowest BCUT2D eigenvalue weighted by Gasteiger charge is -2.04. The van der Waals surface area contributed by atoms with E-state index in [1.807, 2.05) is 0 Å². The molecule has 80 valence electrons. The molecular formula is C10H23NO2. The lowest BCUT2D eigenvalue weighted by Crippen LogP contribution is -2.21. The number of rotatable bonds is 10. The Labute approximate surface area is 81.8 Å². The summed E-state index contributed by atoms with van der Waals surface area (Å²) in [5.41, 5.74) is 0. The fourth-order valence-electron chi connectivity index (χ4n) is 1.01. The summed E-state index contributed by atoms with van der Waals surface area (Å²) in [7, 11) is 1.74.